The molecule has 0 aliphatic rings. The fourth-order valence-corrected chi connectivity index (χ4v) is 2.06. The predicted octanol–water partition coefficient (Wildman–Crippen LogP) is 4.13. The van der Waals surface area contributed by atoms with Crippen LogP contribution in [0.4, 0.5) is 17.1 Å². The van der Waals surface area contributed by atoms with E-state index in [1.165, 1.54) is 0 Å². The van der Waals surface area contributed by atoms with Crippen molar-refractivity contribution in [3.05, 3.63) is 54.6 Å². The number of carbonyl (C=O) groups is 2. The molecule has 0 atom stereocenters. The van der Waals surface area contributed by atoms with Crippen LogP contribution in [0.2, 0.25) is 0 Å². The minimum absolute atomic E-state index is 0.0188. The number of benzene rings is 2. The van der Waals surface area contributed by atoms with Gasteiger partial charge in [-0.2, -0.15) is 0 Å². The second-order valence-corrected chi connectivity index (χ2v) is 5.03. The van der Waals surface area contributed by atoms with E-state index in [1.807, 2.05) is 54.6 Å². The zero-order chi connectivity index (χ0) is 15.6. The zero-order valence-corrected chi connectivity index (χ0v) is 12.4. The lowest BCUT2D eigenvalue weighted by atomic mass is 10.2. The van der Waals surface area contributed by atoms with Crippen molar-refractivity contribution in [2.45, 2.75) is 25.7 Å². The lowest BCUT2D eigenvalue weighted by Gasteiger charge is -2.08. The van der Waals surface area contributed by atoms with E-state index < -0.39 is 0 Å². The normalized spacial score (nSPS) is 10.0. The Morgan fingerprint density at radius 2 is 1.50 bits per heavy atom. The molecular weight excluding hydrogens is 276 g/mol. The molecule has 0 saturated heterocycles. The number of para-hydroxylation sites is 1. The third-order valence-electron chi connectivity index (χ3n) is 3.21. The molecule has 0 spiro atoms. The van der Waals surface area contributed by atoms with E-state index in [2.05, 4.69) is 10.6 Å². The average Bonchev–Trinajstić information content (AvgIpc) is 2.54. The number of anilines is 3. The summed E-state index contributed by atoms with van der Waals surface area (Å²) in [5, 5.41) is 6.14. The van der Waals surface area contributed by atoms with Crippen molar-refractivity contribution in [2.24, 2.45) is 0 Å². The van der Waals surface area contributed by atoms with Gasteiger partial charge in [0.2, 0.25) is 5.91 Å². The molecule has 0 bridgehead atoms. The van der Waals surface area contributed by atoms with Gasteiger partial charge in [0.05, 0.1) is 0 Å². The molecule has 0 heterocycles. The SMILES string of the molecule is O=CCCCCC(=O)Nc1ccc(Nc2ccccc2)cc1. The number of carbonyl (C=O) groups excluding carboxylic acids is 2. The van der Waals surface area contributed by atoms with E-state index in [0.29, 0.717) is 12.8 Å². The van der Waals surface area contributed by atoms with Gasteiger partial charge in [-0.3, -0.25) is 4.79 Å². The van der Waals surface area contributed by atoms with Crippen LogP contribution in [0.25, 0.3) is 0 Å². The summed E-state index contributed by atoms with van der Waals surface area (Å²) in [7, 11) is 0. The minimum Gasteiger partial charge on any atom is -0.356 e. The highest BCUT2D eigenvalue weighted by Gasteiger charge is 2.02. The minimum atomic E-state index is -0.0188. The highest BCUT2D eigenvalue weighted by Crippen LogP contribution is 2.18. The number of amides is 1. The Morgan fingerprint density at radius 1 is 0.864 bits per heavy atom. The predicted molar refractivity (Wildman–Crippen MR) is 89.3 cm³/mol. The Labute approximate surface area is 130 Å². The van der Waals surface area contributed by atoms with E-state index in [1.54, 1.807) is 0 Å². The van der Waals surface area contributed by atoms with Gasteiger partial charge in [0, 0.05) is 29.9 Å². The first-order valence-corrected chi connectivity index (χ1v) is 7.43. The van der Waals surface area contributed by atoms with Gasteiger partial charge in [0.1, 0.15) is 6.29 Å². The molecule has 0 radical (unpaired) electrons. The number of unbranched alkanes of at least 4 members (excludes halogenated alkanes) is 2. The first-order valence-electron chi connectivity index (χ1n) is 7.43. The number of hydrogen-bond acceptors (Lipinski definition) is 3. The number of hydrogen-bond donors (Lipinski definition) is 2. The van der Waals surface area contributed by atoms with Gasteiger partial charge in [-0.15, -0.1) is 0 Å². The number of aldehydes is 1. The van der Waals surface area contributed by atoms with Gasteiger partial charge in [0.25, 0.3) is 0 Å². The maximum absolute atomic E-state index is 11.7. The molecule has 22 heavy (non-hydrogen) atoms. The highest BCUT2D eigenvalue weighted by atomic mass is 16.1. The average molecular weight is 296 g/mol. The van der Waals surface area contributed by atoms with Gasteiger partial charge in [-0.1, -0.05) is 18.2 Å². The third-order valence-corrected chi connectivity index (χ3v) is 3.21. The van der Waals surface area contributed by atoms with Crippen LogP contribution >= 0.6 is 0 Å². The standard InChI is InChI=1S/C18H20N2O2/c21-14-6-2-5-9-18(22)20-17-12-10-16(11-13-17)19-15-7-3-1-4-8-15/h1,3-4,7-8,10-14,19H,2,5-6,9H2,(H,20,22). The van der Waals surface area contributed by atoms with E-state index in [4.69, 9.17) is 0 Å². The van der Waals surface area contributed by atoms with Gasteiger partial charge in [0.15, 0.2) is 0 Å². The molecule has 2 aromatic carbocycles. The summed E-state index contributed by atoms with van der Waals surface area (Å²) in [5.41, 5.74) is 2.77. The topological polar surface area (TPSA) is 58.2 Å². The quantitative estimate of drug-likeness (QED) is 0.569. The molecule has 0 unspecified atom stereocenters. The fourth-order valence-electron chi connectivity index (χ4n) is 2.06. The zero-order valence-electron chi connectivity index (χ0n) is 12.4. The second kappa shape index (κ2) is 8.62. The summed E-state index contributed by atoms with van der Waals surface area (Å²) in [6, 6.07) is 17.5. The van der Waals surface area contributed by atoms with Crippen molar-refractivity contribution in [1.29, 1.82) is 0 Å². The van der Waals surface area contributed by atoms with Crippen molar-refractivity contribution >= 4 is 29.3 Å². The molecule has 2 rings (SSSR count). The van der Waals surface area contributed by atoms with Gasteiger partial charge >= 0.3 is 0 Å². The van der Waals surface area contributed by atoms with E-state index in [9.17, 15) is 9.59 Å². The van der Waals surface area contributed by atoms with E-state index in [-0.39, 0.29) is 5.91 Å². The van der Waals surface area contributed by atoms with Crippen molar-refractivity contribution < 1.29 is 9.59 Å². The molecule has 4 heteroatoms. The van der Waals surface area contributed by atoms with Crippen molar-refractivity contribution in [2.75, 3.05) is 10.6 Å². The smallest absolute Gasteiger partial charge is 0.224 e. The molecule has 2 aromatic rings. The van der Waals surface area contributed by atoms with Crippen LogP contribution in [0, 0.1) is 0 Å². The lowest BCUT2D eigenvalue weighted by molar-refractivity contribution is -0.116. The fraction of sp³-hybridized carbons (Fsp3) is 0.222. The lowest BCUT2D eigenvalue weighted by Crippen LogP contribution is -2.10. The van der Waals surface area contributed by atoms with Crippen LogP contribution in [0.3, 0.4) is 0 Å². The molecule has 0 saturated carbocycles. The first-order chi connectivity index (χ1) is 10.8. The van der Waals surface area contributed by atoms with Crippen molar-refractivity contribution in [3.8, 4) is 0 Å². The van der Waals surface area contributed by atoms with Crippen molar-refractivity contribution in [3.63, 3.8) is 0 Å². The van der Waals surface area contributed by atoms with Crippen LogP contribution in [0.15, 0.2) is 54.6 Å². The maximum atomic E-state index is 11.7. The number of nitrogens with one attached hydrogen (secondary N) is 2. The summed E-state index contributed by atoms with van der Waals surface area (Å²) in [6.07, 6.45) is 3.34. The second-order valence-electron chi connectivity index (χ2n) is 5.03. The molecule has 0 fully saturated rings. The Balaban J connectivity index is 1.81. The Kier molecular flexibility index (Phi) is 6.18. The Bertz CT molecular complexity index is 594. The first kappa shape index (κ1) is 15.8. The molecule has 1 amide bonds. The summed E-state index contributed by atoms with van der Waals surface area (Å²) in [5.74, 6) is -0.0188. The van der Waals surface area contributed by atoms with E-state index in [0.717, 1.165) is 36.2 Å². The Morgan fingerprint density at radius 3 is 2.18 bits per heavy atom. The Hall–Kier alpha value is -2.62. The monoisotopic (exact) mass is 296 g/mol. The molecule has 0 aliphatic heterocycles. The molecule has 4 nitrogen and oxygen atoms in total. The van der Waals surface area contributed by atoms with Gasteiger partial charge < -0.3 is 15.4 Å². The number of rotatable bonds is 8. The third kappa shape index (κ3) is 5.40. The summed E-state index contributed by atoms with van der Waals surface area (Å²) >= 11 is 0. The largest absolute Gasteiger partial charge is 0.356 e. The molecular formula is C18H20N2O2. The van der Waals surface area contributed by atoms with Gasteiger partial charge in [-0.05, 0) is 49.2 Å². The summed E-state index contributed by atoms with van der Waals surface area (Å²) in [4.78, 5) is 21.9. The van der Waals surface area contributed by atoms with Gasteiger partial charge in [-0.25, -0.2) is 0 Å². The van der Waals surface area contributed by atoms with Crippen LogP contribution in [0.5, 0.6) is 0 Å². The summed E-state index contributed by atoms with van der Waals surface area (Å²) < 4.78 is 0. The van der Waals surface area contributed by atoms with Crippen LogP contribution in [0.1, 0.15) is 25.7 Å². The molecule has 0 aliphatic carbocycles. The molecule has 114 valence electrons. The highest BCUT2D eigenvalue weighted by molar-refractivity contribution is 5.90. The van der Waals surface area contributed by atoms with E-state index >= 15 is 0 Å². The van der Waals surface area contributed by atoms with Crippen LogP contribution in [-0.2, 0) is 9.59 Å². The summed E-state index contributed by atoms with van der Waals surface area (Å²) in [6.45, 7) is 0. The molecule has 0 aromatic heterocycles. The maximum Gasteiger partial charge on any atom is 0.224 e. The molecule has 2 N–H and O–H groups in total. The van der Waals surface area contributed by atoms with Crippen LogP contribution in [-0.4, -0.2) is 12.2 Å². The van der Waals surface area contributed by atoms with Crippen molar-refractivity contribution in [1.82, 2.24) is 0 Å². The van der Waals surface area contributed by atoms with Crippen LogP contribution < -0.4 is 10.6 Å².